The molecule has 1 heterocycles. The summed E-state index contributed by atoms with van der Waals surface area (Å²) in [5.74, 6) is -0.198. The van der Waals surface area contributed by atoms with Gasteiger partial charge in [0.05, 0.1) is 25.4 Å². The standard InChI is InChI=1S/C70H117NO8/c1-3-5-7-9-11-13-15-17-19-21-23-24-25-26-27-28-29-30-31-32-33-34-35-36-37-38-39-40-42-44-46-48-50-52-54-56-58-60-66(74)71-63(62-78-70-69(77)68(76)67(75)65(61-72)79-70)64(73)59-57-55-53-51-49-47-45-43-41-22-20-18-16-14-12-10-8-6-4-2/h5,7,11,13,17,19,23-24,26-27,29-30,32-33,35-36,38-39,49,51,57,59,63-65,67-70,72-73,75-77H,3-4,6,8-10,12,14-16,18,20-22,25,28,31,34,37,40-48,50,52-56,58,60-62H2,1-2H3,(H,71,74)/b7-5-,13-11-,19-17-,24-23-,27-26-,30-29-,33-32-,36-35-,39-38-,51-49+,59-57+. The van der Waals surface area contributed by atoms with Crippen molar-refractivity contribution in [3.05, 3.63) is 134 Å². The molecule has 7 unspecified atom stereocenters. The second-order valence-corrected chi connectivity index (χ2v) is 21.5. The smallest absolute Gasteiger partial charge is 0.220 e. The van der Waals surface area contributed by atoms with Crippen LogP contribution in [0.1, 0.15) is 245 Å². The molecule has 0 aromatic rings. The van der Waals surface area contributed by atoms with E-state index in [2.05, 4.69) is 141 Å². The Labute approximate surface area is 483 Å². The van der Waals surface area contributed by atoms with Crippen LogP contribution < -0.4 is 5.32 Å². The van der Waals surface area contributed by atoms with Crippen LogP contribution >= 0.6 is 0 Å². The van der Waals surface area contributed by atoms with E-state index < -0.39 is 49.5 Å². The molecule has 7 atom stereocenters. The largest absolute Gasteiger partial charge is 0.394 e. The number of hydrogen-bond acceptors (Lipinski definition) is 8. The van der Waals surface area contributed by atoms with E-state index in [1.165, 1.54) is 116 Å². The Balaban J connectivity index is 2.20. The number of rotatable bonds is 53. The molecular formula is C70H117NO8. The molecule has 0 spiro atoms. The fourth-order valence-electron chi connectivity index (χ4n) is 9.22. The van der Waals surface area contributed by atoms with E-state index in [1.54, 1.807) is 6.08 Å². The summed E-state index contributed by atoms with van der Waals surface area (Å²) in [6, 6.07) is -0.835. The fraction of sp³-hybridized carbons (Fsp3) is 0.671. The minimum Gasteiger partial charge on any atom is -0.394 e. The number of aliphatic hydroxyl groups excluding tert-OH is 5. The SMILES string of the molecule is CC/C=C\C/C=C\C/C=C\C/C=C\C/C=C\C/C=C\C/C=C\C/C=C\C/C=C\CCCCCCCCCCCC(=O)NC(COC1OC(CO)C(O)C(O)C1O)C(O)/C=C/CC/C=C/CCCCCCCCCCCCCCC. The van der Waals surface area contributed by atoms with Crippen molar-refractivity contribution in [2.45, 2.75) is 288 Å². The Hall–Kier alpha value is -3.67. The molecule has 1 aliphatic heterocycles. The summed E-state index contributed by atoms with van der Waals surface area (Å²) in [5.41, 5.74) is 0. The third-order valence-corrected chi connectivity index (χ3v) is 14.2. The van der Waals surface area contributed by atoms with Gasteiger partial charge in [-0.25, -0.2) is 0 Å². The van der Waals surface area contributed by atoms with E-state index >= 15 is 0 Å². The lowest BCUT2D eigenvalue weighted by Crippen LogP contribution is -2.60. The normalized spacial score (nSPS) is 19.5. The summed E-state index contributed by atoms with van der Waals surface area (Å²) in [6.07, 6.45) is 81.0. The third kappa shape index (κ3) is 46.6. The van der Waals surface area contributed by atoms with Gasteiger partial charge in [-0.2, -0.15) is 0 Å². The van der Waals surface area contributed by atoms with Crippen molar-refractivity contribution in [2.24, 2.45) is 0 Å². The van der Waals surface area contributed by atoms with Gasteiger partial charge >= 0.3 is 0 Å². The molecule has 9 nitrogen and oxygen atoms in total. The average Bonchev–Trinajstić information content (AvgIpc) is 3.46. The molecule has 6 N–H and O–H groups in total. The van der Waals surface area contributed by atoms with Gasteiger partial charge in [-0.3, -0.25) is 4.79 Å². The summed E-state index contributed by atoms with van der Waals surface area (Å²) in [4.78, 5) is 13.1. The minimum absolute atomic E-state index is 0.198. The van der Waals surface area contributed by atoms with Crippen LogP contribution in [0.5, 0.6) is 0 Å². The number of aliphatic hydroxyl groups is 5. The molecule has 1 aliphatic rings. The van der Waals surface area contributed by atoms with E-state index in [-0.39, 0.29) is 12.5 Å². The average molecular weight is 1100 g/mol. The van der Waals surface area contributed by atoms with Crippen molar-refractivity contribution < 1.29 is 39.8 Å². The first kappa shape index (κ1) is 73.3. The van der Waals surface area contributed by atoms with Gasteiger partial charge in [0, 0.05) is 6.42 Å². The van der Waals surface area contributed by atoms with Gasteiger partial charge in [-0.1, -0.05) is 270 Å². The molecule has 0 saturated carbocycles. The molecular weight excluding hydrogens is 983 g/mol. The van der Waals surface area contributed by atoms with Gasteiger partial charge in [-0.05, 0) is 103 Å². The van der Waals surface area contributed by atoms with Gasteiger partial charge in [0.15, 0.2) is 6.29 Å². The van der Waals surface area contributed by atoms with Gasteiger partial charge < -0.3 is 40.3 Å². The Kier molecular flexibility index (Phi) is 53.4. The number of hydrogen-bond donors (Lipinski definition) is 6. The van der Waals surface area contributed by atoms with Crippen LogP contribution in [-0.4, -0.2) is 87.5 Å². The highest BCUT2D eigenvalue weighted by molar-refractivity contribution is 5.76. The molecule has 9 heteroatoms. The lowest BCUT2D eigenvalue weighted by atomic mass is 9.99. The number of nitrogens with one attached hydrogen (secondary N) is 1. The molecule has 1 rings (SSSR count). The minimum atomic E-state index is -1.58. The van der Waals surface area contributed by atoms with E-state index in [0.29, 0.717) is 6.42 Å². The molecule has 79 heavy (non-hydrogen) atoms. The maximum Gasteiger partial charge on any atom is 0.220 e. The fourth-order valence-corrected chi connectivity index (χ4v) is 9.22. The zero-order chi connectivity index (χ0) is 57.2. The van der Waals surface area contributed by atoms with Crippen LogP contribution in [-0.2, 0) is 14.3 Å². The predicted octanol–water partition coefficient (Wildman–Crippen LogP) is 16.9. The monoisotopic (exact) mass is 1100 g/mol. The van der Waals surface area contributed by atoms with E-state index in [9.17, 15) is 30.3 Å². The summed E-state index contributed by atoms with van der Waals surface area (Å²) in [7, 11) is 0. The van der Waals surface area contributed by atoms with Crippen molar-refractivity contribution in [3.63, 3.8) is 0 Å². The maximum atomic E-state index is 13.1. The van der Waals surface area contributed by atoms with Gasteiger partial charge in [0.25, 0.3) is 0 Å². The topological polar surface area (TPSA) is 149 Å². The lowest BCUT2D eigenvalue weighted by Gasteiger charge is -2.40. The number of allylic oxidation sites excluding steroid dienone is 21. The third-order valence-electron chi connectivity index (χ3n) is 14.2. The van der Waals surface area contributed by atoms with Crippen LogP contribution in [0.15, 0.2) is 134 Å². The predicted molar refractivity (Wildman–Crippen MR) is 336 cm³/mol. The molecule has 0 aliphatic carbocycles. The van der Waals surface area contributed by atoms with Crippen LogP contribution in [0.3, 0.4) is 0 Å². The molecule has 1 amide bonds. The van der Waals surface area contributed by atoms with Gasteiger partial charge in [0.2, 0.25) is 5.91 Å². The summed E-state index contributed by atoms with van der Waals surface area (Å²) in [6.45, 7) is 3.65. The number of amides is 1. The van der Waals surface area contributed by atoms with Crippen molar-refractivity contribution in [2.75, 3.05) is 13.2 Å². The summed E-state index contributed by atoms with van der Waals surface area (Å²) < 4.78 is 11.3. The Morgan fingerprint density at radius 1 is 0.443 bits per heavy atom. The van der Waals surface area contributed by atoms with Crippen LogP contribution in [0.2, 0.25) is 0 Å². The first-order valence-corrected chi connectivity index (χ1v) is 31.9. The zero-order valence-electron chi connectivity index (χ0n) is 50.1. The quantitative estimate of drug-likeness (QED) is 0.0261. The number of carbonyl (C=O) groups excluding carboxylic acids is 1. The molecule has 0 aromatic heterocycles. The van der Waals surface area contributed by atoms with Crippen molar-refractivity contribution in [3.8, 4) is 0 Å². The molecule has 1 saturated heterocycles. The number of unbranched alkanes of at least 4 members (excludes halogenated alkanes) is 23. The molecule has 0 aromatic carbocycles. The Bertz CT molecular complexity index is 1700. The van der Waals surface area contributed by atoms with Crippen molar-refractivity contribution in [1.29, 1.82) is 0 Å². The van der Waals surface area contributed by atoms with Crippen LogP contribution in [0.4, 0.5) is 0 Å². The molecule has 450 valence electrons. The highest BCUT2D eigenvalue weighted by atomic mass is 16.7. The maximum absolute atomic E-state index is 13.1. The highest BCUT2D eigenvalue weighted by Gasteiger charge is 2.44. The lowest BCUT2D eigenvalue weighted by molar-refractivity contribution is -0.302. The van der Waals surface area contributed by atoms with Crippen LogP contribution in [0.25, 0.3) is 0 Å². The van der Waals surface area contributed by atoms with Crippen molar-refractivity contribution >= 4 is 5.91 Å². The number of ether oxygens (including phenoxy) is 2. The number of carbonyl (C=O) groups is 1. The van der Waals surface area contributed by atoms with E-state index in [0.717, 1.165) is 109 Å². The first-order chi connectivity index (χ1) is 38.8. The second kappa shape index (κ2) is 57.6. The van der Waals surface area contributed by atoms with Crippen molar-refractivity contribution in [1.82, 2.24) is 5.32 Å². The molecule has 0 radical (unpaired) electrons. The van der Waals surface area contributed by atoms with E-state index in [4.69, 9.17) is 9.47 Å². The molecule has 0 bridgehead atoms. The molecule has 1 fully saturated rings. The zero-order valence-corrected chi connectivity index (χ0v) is 50.1. The van der Waals surface area contributed by atoms with Crippen LogP contribution in [0, 0.1) is 0 Å². The highest BCUT2D eigenvalue weighted by Crippen LogP contribution is 2.23. The first-order valence-electron chi connectivity index (χ1n) is 31.9. The van der Waals surface area contributed by atoms with E-state index in [1.807, 2.05) is 6.08 Å². The second-order valence-electron chi connectivity index (χ2n) is 21.5. The Morgan fingerprint density at radius 2 is 0.797 bits per heavy atom. The summed E-state index contributed by atoms with van der Waals surface area (Å²) in [5, 5.41) is 54.6. The van der Waals surface area contributed by atoms with Gasteiger partial charge in [-0.15, -0.1) is 0 Å². The Morgan fingerprint density at radius 3 is 1.22 bits per heavy atom. The summed E-state index contributed by atoms with van der Waals surface area (Å²) >= 11 is 0. The van der Waals surface area contributed by atoms with Gasteiger partial charge in [0.1, 0.15) is 24.4 Å².